The highest BCUT2D eigenvalue weighted by Crippen LogP contribution is 2.46. The maximum Gasteiger partial charge on any atom is 0.573 e. The number of benzene rings is 2. The molecule has 2 aliphatic rings. The van der Waals surface area contributed by atoms with Gasteiger partial charge in [0, 0.05) is 35.7 Å². The second-order valence-corrected chi connectivity index (χ2v) is 9.80. The summed E-state index contributed by atoms with van der Waals surface area (Å²) >= 11 is 0. The summed E-state index contributed by atoms with van der Waals surface area (Å²) in [5, 5.41) is 7.69. The van der Waals surface area contributed by atoms with Crippen LogP contribution in [0.4, 0.5) is 23.2 Å². The molecule has 2 aromatic carbocycles. The van der Waals surface area contributed by atoms with Crippen LogP contribution in [0.2, 0.25) is 0 Å². The fourth-order valence-electron chi connectivity index (χ4n) is 4.94. The number of para-hydroxylation sites is 1. The van der Waals surface area contributed by atoms with Crippen LogP contribution in [0.25, 0.3) is 22.6 Å². The van der Waals surface area contributed by atoms with E-state index in [0.29, 0.717) is 48.5 Å². The van der Waals surface area contributed by atoms with Crippen LogP contribution in [0.15, 0.2) is 56.3 Å². The van der Waals surface area contributed by atoms with Crippen molar-refractivity contribution in [2.45, 2.75) is 50.7 Å². The standard InChI is InChI=1S/C27H24F4N4O5/c28-20-13-16(25-32-26(36)40-34-25)7-8-21(20)35-11-9-17(10-12-35)37-14-19-23(33-39-24(19)15-5-6-15)18-3-1-2-4-22(18)38-27(29,30)31/h1-4,7-8,13,15,17H,5-6,9-12,14H2,(H,32,34,36). The van der Waals surface area contributed by atoms with E-state index in [0.717, 1.165) is 12.8 Å². The molecule has 1 N–H and O–H groups in total. The monoisotopic (exact) mass is 560 g/mol. The smallest absolute Gasteiger partial charge is 0.405 e. The molecule has 13 heteroatoms. The number of alkyl halides is 3. The van der Waals surface area contributed by atoms with E-state index in [9.17, 15) is 22.4 Å². The zero-order valence-corrected chi connectivity index (χ0v) is 21.0. The first-order valence-electron chi connectivity index (χ1n) is 12.8. The normalized spacial score (nSPS) is 16.4. The molecule has 0 amide bonds. The number of aromatic amines is 1. The molecule has 1 saturated heterocycles. The van der Waals surface area contributed by atoms with E-state index in [1.54, 1.807) is 18.2 Å². The van der Waals surface area contributed by atoms with Gasteiger partial charge in [-0.05, 0) is 56.0 Å². The Morgan fingerprint density at radius 1 is 1.02 bits per heavy atom. The Bertz CT molecular complexity index is 1550. The van der Waals surface area contributed by atoms with Gasteiger partial charge in [-0.3, -0.25) is 9.51 Å². The van der Waals surface area contributed by atoms with Gasteiger partial charge in [-0.25, -0.2) is 9.18 Å². The number of anilines is 1. The van der Waals surface area contributed by atoms with E-state index in [1.165, 1.54) is 24.3 Å². The quantitative estimate of drug-likeness (QED) is 0.270. The zero-order valence-electron chi connectivity index (χ0n) is 21.0. The number of hydrogen-bond donors (Lipinski definition) is 1. The van der Waals surface area contributed by atoms with Crippen molar-refractivity contribution in [3.8, 4) is 28.4 Å². The highest BCUT2D eigenvalue weighted by Gasteiger charge is 2.36. The highest BCUT2D eigenvalue weighted by molar-refractivity contribution is 5.70. The highest BCUT2D eigenvalue weighted by atomic mass is 19.4. The first kappa shape index (κ1) is 26.1. The minimum Gasteiger partial charge on any atom is -0.405 e. The molecule has 0 radical (unpaired) electrons. The van der Waals surface area contributed by atoms with Gasteiger partial charge >= 0.3 is 12.1 Å². The van der Waals surface area contributed by atoms with Crippen molar-refractivity contribution in [1.82, 2.24) is 15.3 Å². The number of ether oxygens (including phenoxy) is 2. The van der Waals surface area contributed by atoms with E-state index in [1.807, 2.05) is 4.90 Å². The van der Waals surface area contributed by atoms with Crippen LogP contribution in [0.5, 0.6) is 5.75 Å². The number of hydrogen-bond acceptors (Lipinski definition) is 8. The minimum atomic E-state index is -4.85. The third-order valence-electron chi connectivity index (χ3n) is 7.04. The number of rotatable bonds is 8. The van der Waals surface area contributed by atoms with Crippen molar-refractivity contribution in [1.29, 1.82) is 0 Å². The maximum atomic E-state index is 14.9. The third kappa shape index (κ3) is 5.60. The molecule has 0 bridgehead atoms. The lowest BCUT2D eigenvalue weighted by Crippen LogP contribution is -2.37. The van der Waals surface area contributed by atoms with Gasteiger partial charge in [0.05, 0.1) is 18.4 Å². The molecule has 1 saturated carbocycles. The number of nitrogens with one attached hydrogen (secondary N) is 1. The molecular formula is C27H24F4N4O5. The molecule has 9 nitrogen and oxygen atoms in total. The summed E-state index contributed by atoms with van der Waals surface area (Å²) < 4.78 is 74.4. The van der Waals surface area contributed by atoms with Gasteiger partial charge in [-0.1, -0.05) is 22.4 Å². The Kier molecular flexibility index (Phi) is 6.82. The molecule has 4 aromatic rings. The molecule has 2 fully saturated rings. The molecule has 0 atom stereocenters. The van der Waals surface area contributed by atoms with Crippen LogP contribution in [-0.4, -0.2) is 40.9 Å². The van der Waals surface area contributed by atoms with E-state index in [2.05, 4.69) is 24.6 Å². The fraction of sp³-hybridized carbons (Fsp3) is 0.370. The van der Waals surface area contributed by atoms with Crippen molar-refractivity contribution < 1.29 is 36.1 Å². The Labute approximate surface area is 224 Å². The SMILES string of the molecule is O=c1[nH]c(-c2ccc(N3CCC(OCc4c(-c5ccccc5OC(F)(F)F)noc4C4CC4)CC3)c(F)c2)no1. The molecule has 0 unspecified atom stereocenters. The number of nitrogens with zero attached hydrogens (tertiary/aromatic N) is 3. The third-order valence-corrected chi connectivity index (χ3v) is 7.04. The fourth-order valence-corrected chi connectivity index (χ4v) is 4.94. The lowest BCUT2D eigenvalue weighted by Gasteiger charge is -2.33. The topological polar surface area (TPSA) is 107 Å². The molecule has 210 valence electrons. The van der Waals surface area contributed by atoms with Gasteiger partial charge in [0.2, 0.25) is 0 Å². The summed E-state index contributed by atoms with van der Waals surface area (Å²) in [6.45, 7) is 1.20. The summed E-state index contributed by atoms with van der Waals surface area (Å²) in [7, 11) is 0. The number of piperidine rings is 1. The maximum absolute atomic E-state index is 14.9. The Morgan fingerprint density at radius 3 is 2.48 bits per heavy atom. The molecule has 0 spiro atoms. The molecule has 3 heterocycles. The van der Waals surface area contributed by atoms with Crippen LogP contribution in [-0.2, 0) is 11.3 Å². The number of halogens is 4. The molecule has 2 aromatic heterocycles. The van der Waals surface area contributed by atoms with Crippen molar-refractivity contribution >= 4 is 5.69 Å². The van der Waals surface area contributed by atoms with Gasteiger partial charge in [-0.15, -0.1) is 13.2 Å². The van der Waals surface area contributed by atoms with Crippen LogP contribution in [0.3, 0.4) is 0 Å². The van der Waals surface area contributed by atoms with Crippen LogP contribution in [0.1, 0.15) is 42.9 Å². The molecular weight excluding hydrogens is 536 g/mol. The van der Waals surface area contributed by atoms with Crippen molar-refractivity contribution in [2.24, 2.45) is 0 Å². The Morgan fingerprint density at radius 2 is 1.80 bits per heavy atom. The second kappa shape index (κ2) is 10.5. The number of aromatic nitrogens is 3. The molecule has 40 heavy (non-hydrogen) atoms. The van der Waals surface area contributed by atoms with Gasteiger partial charge in [0.15, 0.2) is 5.82 Å². The first-order chi connectivity index (χ1) is 19.2. The van der Waals surface area contributed by atoms with Crippen LogP contribution >= 0.6 is 0 Å². The Balaban J connectivity index is 1.13. The van der Waals surface area contributed by atoms with E-state index < -0.39 is 17.9 Å². The van der Waals surface area contributed by atoms with E-state index in [4.69, 9.17) is 9.26 Å². The van der Waals surface area contributed by atoms with Gasteiger partial charge < -0.3 is 18.9 Å². The van der Waals surface area contributed by atoms with Crippen LogP contribution in [0, 0.1) is 5.82 Å². The van der Waals surface area contributed by atoms with Crippen molar-refractivity contribution in [3.05, 3.63) is 70.2 Å². The summed E-state index contributed by atoms with van der Waals surface area (Å²) in [5.74, 6) is -0.591. The van der Waals surface area contributed by atoms with Crippen molar-refractivity contribution in [2.75, 3.05) is 18.0 Å². The lowest BCUT2D eigenvalue weighted by molar-refractivity contribution is -0.274. The van der Waals surface area contributed by atoms with E-state index in [-0.39, 0.29) is 41.5 Å². The van der Waals surface area contributed by atoms with Crippen LogP contribution < -0.4 is 15.4 Å². The lowest BCUT2D eigenvalue weighted by atomic mass is 10.0. The predicted molar refractivity (Wildman–Crippen MR) is 133 cm³/mol. The minimum absolute atomic E-state index is 0.120. The number of H-pyrrole nitrogens is 1. The van der Waals surface area contributed by atoms with Gasteiger partial charge in [0.25, 0.3) is 0 Å². The summed E-state index contributed by atoms with van der Waals surface area (Å²) in [4.78, 5) is 15.5. The van der Waals surface area contributed by atoms with Crippen molar-refractivity contribution in [3.63, 3.8) is 0 Å². The molecule has 6 rings (SSSR count). The summed E-state index contributed by atoms with van der Waals surface area (Å²) in [6.07, 6.45) is -1.93. The van der Waals surface area contributed by atoms with Gasteiger partial charge in [-0.2, -0.15) is 0 Å². The zero-order chi connectivity index (χ0) is 27.9. The summed E-state index contributed by atoms with van der Waals surface area (Å²) in [6, 6.07) is 10.4. The summed E-state index contributed by atoms with van der Waals surface area (Å²) in [5.41, 5.74) is 1.89. The molecule has 1 aliphatic heterocycles. The van der Waals surface area contributed by atoms with Gasteiger partial charge in [0.1, 0.15) is 23.0 Å². The predicted octanol–water partition coefficient (Wildman–Crippen LogP) is 5.79. The molecule has 1 aliphatic carbocycles. The average Bonchev–Trinajstić information content (AvgIpc) is 3.54. The Hall–Kier alpha value is -4.13. The average molecular weight is 561 g/mol. The van der Waals surface area contributed by atoms with E-state index >= 15 is 0 Å². The largest absolute Gasteiger partial charge is 0.573 e. The second-order valence-electron chi connectivity index (χ2n) is 9.80. The first-order valence-corrected chi connectivity index (χ1v) is 12.8.